The molecule has 0 radical (unpaired) electrons. The van der Waals surface area contributed by atoms with Gasteiger partial charge in [0.1, 0.15) is 12.1 Å². The Balaban J connectivity index is 1.17. The predicted molar refractivity (Wildman–Crippen MR) is 137 cm³/mol. The van der Waals surface area contributed by atoms with E-state index in [4.69, 9.17) is 10.3 Å². The smallest absolute Gasteiger partial charge is 0.326 e. The van der Waals surface area contributed by atoms with Crippen molar-refractivity contribution < 1.29 is 9.53 Å². The summed E-state index contributed by atoms with van der Waals surface area (Å²) in [7, 11) is 0. The van der Waals surface area contributed by atoms with Gasteiger partial charge in [-0.3, -0.25) is 9.80 Å². The molecule has 2 aliphatic heterocycles. The lowest BCUT2D eigenvalue weighted by molar-refractivity contribution is 0.132. The molecule has 0 bridgehead atoms. The van der Waals surface area contributed by atoms with Gasteiger partial charge >= 0.3 is 6.03 Å². The number of benzene rings is 2. The van der Waals surface area contributed by atoms with Crippen LogP contribution in [0.4, 0.5) is 22.0 Å². The molecule has 2 aromatic carbocycles. The van der Waals surface area contributed by atoms with Crippen LogP contribution in [0, 0.1) is 5.53 Å². The number of rotatable bonds is 7. The second kappa shape index (κ2) is 10.8. The molecule has 2 amide bonds. The van der Waals surface area contributed by atoms with Gasteiger partial charge in [0, 0.05) is 56.7 Å². The Morgan fingerprint density at radius 3 is 2.56 bits per heavy atom. The number of anilines is 2. The van der Waals surface area contributed by atoms with Crippen LogP contribution in [0.25, 0.3) is 0 Å². The number of ether oxygens (including phenoxy) is 1. The largest absolute Gasteiger partial charge is 0.439 e. The van der Waals surface area contributed by atoms with Crippen LogP contribution in [0.2, 0.25) is 0 Å². The quantitative estimate of drug-likeness (QED) is 0.470. The van der Waals surface area contributed by atoms with Crippen LogP contribution in [0.1, 0.15) is 18.1 Å². The van der Waals surface area contributed by atoms with E-state index in [0.29, 0.717) is 18.2 Å². The molecule has 10 nitrogen and oxygen atoms in total. The number of carbonyl (C=O) groups is 1. The minimum Gasteiger partial charge on any atom is -0.439 e. The van der Waals surface area contributed by atoms with Gasteiger partial charge in [-0.25, -0.2) is 20.3 Å². The van der Waals surface area contributed by atoms with Crippen LogP contribution in [0.3, 0.4) is 0 Å². The third-order valence-corrected chi connectivity index (χ3v) is 6.68. The molecule has 3 heterocycles. The fraction of sp³-hybridized carbons (Fsp3) is 0.346. The Morgan fingerprint density at radius 2 is 1.81 bits per heavy atom. The number of aromatic nitrogens is 2. The Hall–Kier alpha value is -3.89. The lowest BCUT2D eigenvalue weighted by atomic mass is 10.1. The highest BCUT2D eigenvalue weighted by atomic mass is 16.5. The molecule has 3 aromatic rings. The van der Waals surface area contributed by atoms with Crippen molar-refractivity contribution in [1.82, 2.24) is 19.8 Å². The van der Waals surface area contributed by atoms with Gasteiger partial charge in [0.15, 0.2) is 5.82 Å². The number of likely N-dealkylation sites (N-methyl/N-ethyl adjacent to an activating group) is 1. The SMILES string of the molecule is CCN1CCN(Cc2ccc(NC(=O)N3CCc4cc(Oc5cc(N=N)ncn5)ccc43)cc2)CC1. The van der Waals surface area contributed by atoms with Crippen molar-refractivity contribution in [3.05, 3.63) is 66.0 Å². The third kappa shape index (κ3) is 5.50. The molecule has 0 saturated carbocycles. The Kier molecular flexibility index (Phi) is 7.15. The van der Waals surface area contributed by atoms with Crippen molar-refractivity contribution in [1.29, 1.82) is 5.53 Å². The van der Waals surface area contributed by atoms with E-state index in [1.807, 2.05) is 24.3 Å². The number of urea groups is 1. The summed E-state index contributed by atoms with van der Waals surface area (Å²) >= 11 is 0. The highest BCUT2D eigenvalue weighted by Gasteiger charge is 2.25. The van der Waals surface area contributed by atoms with Gasteiger partial charge < -0.3 is 15.0 Å². The van der Waals surface area contributed by atoms with Crippen LogP contribution in [-0.2, 0) is 13.0 Å². The van der Waals surface area contributed by atoms with Crippen molar-refractivity contribution in [2.24, 2.45) is 5.11 Å². The molecular formula is C26H30N8O2. The predicted octanol–water partition coefficient (Wildman–Crippen LogP) is 4.66. The number of hydrogen-bond acceptors (Lipinski definition) is 8. The van der Waals surface area contributed by atoms with E-state index in [2.05, 4.69) is 49.3 Å². The fourth-order valence-electron chi connectivity index (χ4n) is 4.63. The van der Waals surface area contributed by atoms with E-state index in [-0.39, 0.29) is 11.8 Å². The van der Waals surface area contributed by atoms with E-state index < -0.39 is 0 Å². The molecular weight excluding hydrogens is 456 g/mol. The standard InChI is InChI=1S/C26H30N8O2/c1-2-32-11-13-33(14-12-32)17-19-3-5-21(6-4-19)30-26(35)34-10-9-20-15-22(7-8-23(20)34)36-25-16-24(31-27)28-18-29-25/h3-8,15-16,18,27H,2,9-14,17H2,1H3,(H,30,35). The zero-order valence-corrected chi connectivity index (χ0v) is 20.4. The molecule has 0 aliphatic carbocycles. The van der Waals surface area contributed by atoms with Gasteiger partial charge in [0.25, 0.3) is 0 Å². The number of piperazine rings is 1. The number of nitrogens with one attached hydrogen (secondary N) is 2. The molecule has 0 unspecified atom stereocenters. The lowest BCUT2D eigenvalue weighted by Gasteiger charge is -2.34. The molecule has 0 atom stereocenters. The highest BCUT2D eigenvalue weighted by Crippen LogP contribution is 2.33. The number of amides is 2. The summed E-state index contributed by atoms with van der Waals surface area (Å²) in [5.41, 5.74) is 11.0. The van der Waals surface area contributed by atoms with Crippen LogP contribution in [-0.4, -0.2) is 65.1 Å². The third-order valence-electron chi connectivity index (χ3n) is 6.68. The average molecular weight is 487 g/mol. The maximum atomic E-state index is 13.0. The molecule has 1 saturated heterocycles. The molecule has 10 heteroatoms. The molecule has 2 aliphatic rings. The Labute approximate surface area is 210 Å². The summed E-state index contributed by atoms with van der Waals surface area (Å²) in [4.78, 5) is 27.6. The van der Waals surface area contributed by atoms with Crippen molar-refractivity contribution in [3.63, 3.8) is 0 Å². The minimum atomic E-state index is -0.150. The maximum absolute atomic E-state index is 13.0. The van der Waals surface area contributed by atoms with Crippen LogP contribution < -0.4 is 15.0 Å². The summed E-state index contributed by atoms with van der Waals surface area (Å²) in [6.07, 6.45) is 2.05. The van der Waals surface area contributed by atoms with Crippen LogP contribution in [0.5, 0.6) is 11.6 Å². The van der Waals surface area contributed by atoms with Crippen molar-refractivity contribution in [2.75, 3.05) is 49.5 Å². The molecule has 0 spiro atoms. The number of carbonyl (C=O) groups excluding carboxylic acids is 1. The first-order chi connectivity index (χ1) is 17.6. The second-order valence-electron chi connectivity index (χ2n) is 8.96. The van der Waals surface area contributed by atoms with Crippen molar-refractivity contribution >= 4 is 23.2 Å². The van der Waals surface area contributed by atoms with Gasteiger partial charge in [0.05, 0.1) is 0 Å². The normalized spacial score (nSPS) is 16.0. The van der Waals surface area contributed by atoms with Crippen molar-refractivity contribution in [2.45, 2.75) is 19.9 Å². The van der Waals surface area contributed by atoms with Crippen LogP contribution >= 0.6 is 0 Å². The molecule has 36 heavy (non-hydrogen) atoms. The number of fused-ring (bicyclic) bond motifs is 1. The second-order valence-corrected chi connectivity index (χ2v) is 8.96. The summed E-state index contributed by atoms with van der Waals surface area (Å²) < 4.78 is 5.79. The summed E-state index contributed by atoms with van der Waals surface area (Å²) in [6, 6.07) is 15.1. The lowest BCUT2D eigenvalue weighted by Crippen LogP contribution is -2.45. The van der Waals surface area contributed by atoms with Gasteiger partial charge in [-0.1, -0.05) is 19.1 Å². The first-order valence-corrected chi connectivity index (χ1v) is 12.2. The average Bonchev–Trinajstić information content (AvgIpc) is 3.34. The fourth-order valence-corrected chi connectivity index (χ4v) is 4.63. The van der Waals surface area contributed by atoms with Crippen molar-refractivity contribution in [3.8, 4) is 11.6 Å². The van der Waals surface area contributed by atoms with Gasteiger partial charge in [-0.2, -0.15) is 0 Å². The molecule has 5 rings (SSSR count). The highest BCUT2D eigenvalue weighted by molar-refractivity contribution is 6.03. The first kappa shape index (κ1) is 23.8. The molecule has 2 N–H and O–H groups in total. The Bertz CT molecular complexity index is 1220. The van der Waals surface area contributed by atoms with E-state index >= 15 is 0 Å². The van der Waals surface area contributed by atoms with Gasteiger partial charge in [-0.05, 0) is 54.4 Å². The number of nitrogens with zero attached hydrogens (tertiary/aromatic N) is 6. The zero-order valence-electron chi connectivity index (χ0n) is 20.4. The van der Waals surface area contributed by atoms with E-state index in [0.717, 1.165) is 62.6 Å². The van der Waals surface area contributed by atoms with Gasteiger partial charge in [0.2, 0.25) is 5.88 Å². The zero-order chi connectivity index (χ0) is 24.9. The summed E-state index contributed by atoms with van der Waals surface area (Å²) in [6.45, 7) is 9.30. The molecule has 186 valence electrons. The van der Waals surface area contributed by atoms with Gasteiger partial charge in [-0.15, -0.1) is 5.11 Å². The van der Waals surface area contributed by atoms with E-state index in [1.165, 1.54) is 18.0 Å². The summed E-state index contributed by atoms with van der Waals surface area (Å²) in [5, 5.41) is 6.32. The van der Waals surface area contributed by atoms with E-state index in [1.54, 1.807) is 11.0 Å². The minimum absolute atomic E-state index is 0.150. The number of hydrogen-bond donors (Lipinski definition) is 2. The molecule has 1 aromatic heterocycles. The maximum Gasteiger partial charge on any atom is 0.326 e. The first-order valence-electron chi connectivity index (χ1n) is 12.2. The topological polar surface area (TPSA) is 110 Å². The molecule has 1 fully saturated rings. The monoisotopic (exact) mass is 486 g/mol. The van der Waals surface area contributed by atoms with Crippen LogP contribution in [0.15, 0.2) is 60.0 Å². The van der Waals surface area contributed by atoms with E-state index in [9.17, 15) is 4.79 Å². The summed E-state index contributed by atoms with van der Waals surface area (Å²) in [5.74, 6) is 1.15. The Morgan fingerprint density at radius 1 is 1.03 bits per heavy atom.